The minimum absolute atomic E-state index is 0.145. The first-order chi connectivity index (χ1) is 11.7. The van der Waals surface area contributed by atoms with Crippen molar-refractivity contribution in [3.05, 3.63) is 71.8 Å². The molecular weight excluding hydrogens is 328 g/mol. The smallest absolute Gasteiger partial charge is 0.277 e. The van der Waals surface area contributed by atoms with Crippen molar-refractivity contribution >= 4 is 23.7 Å². The van der Waals surface area contributed by atoms with Crippen LogP contribution in [0.25, 0.3) is 0 Å². The highest BCUT2D eigenvalue weighted by atomic mass is 35.5. The van der Waals surface area contributed by atoms with Crippen LogP contribution < -0.4 is 14.9 Å². The Morgan fingerprint density at radius 2 is 1.92 bits per heavy atom. The number of hydrogen-bond acceptors (Lipinski definition) is 4. The molecule has 0 fully saturated rings. The van der Waals surface area contributed by atoms with Gasteiger partial charge in [-0.2, -0.15) is 5.10 Å². The largest absolute Gasteiger partial charge is 0.489 e. The lowest BCUT2D eigenvalue weighted by atomic mass is 10.2. The van der Waals surface area contributed by atoms with Gasteiger partial charge < -0.3 is 9.47 Å². The van der Waals surface area contributed by atoms with Crippen LogP contribution in [0.2, 0.25) is 5.02 Å². The van der Waals surface area contributed by atoms with Crippen molar-refractivity contribution in [2.24, 2.45) is 5.10 Å². The van der Waals surface area contributed by atoms with Gasteiger partial charge in [0.25, 0.3) is 5.91 Å². The third-order valence-electron chi connectivity index (χ3n) is 2.85. The molecule has 0 unspecified atom stereocenters. The number of carbonyl (C=O) groups excluding carboxylic acids is 1. The van der Waals surface area contributed by atoms with Crippen LogP contribution >= 0.6 is 11.6 Å². The number of benzene rings is 2. The van der Waals surface area contributed by atoms with E-state index in [4.69, 9.17) is 21.1 Å². The Balaban J connectivity index is 1.83. The molecule has 0 bridgehead atoms. The molecule has 2 aromatic rings. The molecule has 1 amide bonds. The lowest BCUT2D eigenvalue weighted by molar-refractivity contribution is -0.123. The van der Waals surface area contributed by atoms with E-state index in [2.05, 4.69) is 17.1 Å². The number of nitrogens with zero attached hydrogens (tertiary/aromatic N) is 1. The predicted octanol–water partition coefficient (Wildman–Crippen LogP) is 3.43. The molecular formula is C18H17ClN2O3. The molecule has 5 nitrogen and oxygen atoms in total. The molecule has 24 heavy (non-hydrogen) atoms. The second kappa shape index (κ2) is 9.37. The number of halogens is 1. The molecule has 0 radical (unpaired) electrons. The van der Waals surface area contributed by atoms with Crippen LogP contribution in [0.15, 0.2) is 66.3 Å². The van der Waals surface area contributed by atoms with Crippen LogP contribution in [0.3, 0.4) is 0 Å². The van der Waals surface area contributed by atoms with Gasteiger partial charge >= 0.3 is 0 Å². The van der Waals surface area contributed by atoms with Gasteiger partial charge in [0, 0.05) is 10.6 Å². The lowest BCUT2D eigenvalue weighted by Gasteiger charge is -2.06. The number of ether oxygens (including phenoxy) is 2. The van der Waals surface area contributed by atoms with Gasteiger partial charge in [0.15, 0.2) is 6.61 Å². The second-order valence-corrected chi connectivity index (χ2v) is 5.11. The third kappa shape index (κ3) is 5.78. The number of rotatable bonds is 8. The van der Waals surface area contributed by atoms with Crippen LogP contribution in [0.5, 0.6) is 11.5 Å². The third-order valence-corrected chi connectivity index (χ3v) is 3.10. The minimum atomic E-state index is -0.370. The van der Waals surface area contributed by atoms with Crippen LogP contribution in [0.4, 0.5) is 0 Å². The standard InChI is InChI=1S/C18H17ClN2O3/c1-2-11-23-17-6-4-3-5-14(17)12-20-21-18(22)13-24-16-9-7-15(19)8-10-16/h2-10,12H,1,11,13H2,(H,21,22)/b20-12+. The Morgan fingerprint density at radius 3 is 2.67 bits per heavy atom. The van der Waals surface area contributed by atoms with Gasteiger partial charge in [-0.15, -0.1) is 0 Å². The van der Waals surface area contributed by atoms with E-state index in [1.165, 1.54) is 6.21 Å². The number of para-hydroxylation sites is 1. The fraction of sp³-hybridized carbons (Fsp3) is 0.111. The Labute approximate surface area is 145 Å². The molecule has 0 aromatic heterocycles. The zero-order valence-electron chi connectivity index (χ0n) is 12.9. The van der Waals surface area contributed by atoms with Gasteiger partial charge in [0.2, 0.25) is 0 Å². The normalized spacial score (nSPS) is 10.4. The molecule has 2 rings (SSSR count). The van der Waals surface area contributed by atoms with Crippen LogP contribution in [0, 0.1) is 0 Å². The Hall–Kier alpha value is -2.79. The SMILES string of the molecule is C=CCOc1ccccc1/C=N/NC(=O)COc1ccc(Cl)cc1. The first-order valence-electron chi connectivity index (χ1n) is 7.22. The monoisotopic (exact) mass is 344 g/mol. The highest BCUT2D eigenvalue weighted by molar-refractivity contribution is 6.30. The molecule has 0 saturated heterocycles. The molecule has 0 spiro atoms. The number of nitrogens with one attached hydrogen (secondary N) is 1. The molecule has 0 aliphatic heterocycles. The first kappa shape index (κ1) is 17.6. The molecule has 0 atom stereocenters. The maximum Gasteiger partial charge on any atom is 0.277 e. The van der Waals surface area contributed by atoms with Crippen molar-refractivity contribution in [2.75, 3.05) is 13.2 Å². The van der Waals surface area contributed by atoms with Crippen LogP contribution in [-0.4, -0.2) is 25.3 Å². The van der Waals surface area contributed by atoms with Gasteiger partial charge in [0.1, 0.15) is 18.1 Å². The zero-order chi connectivity index (χ0) is 17.2. The summed E-state index contributed by atoms with van der Waals surface area (Å²) in [7, 11) is 0. The number of carbonyl (C=O) groups is 1. The molecule has 124 valence electrons. The van der Waals surface area contributed by atoms with Gasteiger partial charge in [-0.05, 0) is 36.4 Å². The Kier molecular flexibility index (Phi) is 6.86. The lowest BCUT2D eigenvalue weighted by Crippen LogP contribution is -2.24. The summed E-state index contributed by atoms with van der Waals surface area (Å²) in [5.41, 5.74) is 3.15. The van der Waals surface area contributed by atoms with Crippen molar-refractivity contribution in [3.63, 3.8) is 0 Å². The maximum absolute atomic E-state index is 11.7. The van der Waals surface area contributed by atoms with E-state index < -0.39 is 0 Å². The summed E-state index contributed by atoms with van der Waals surface area (Å²) in [6.07, 6.45) is 3.17. The molecule has 2 aromatic carbocycles. The van der Waals surface area contributed by atoms with Crippen molar-refractivity contribution in [1.29, 1.82) is 0 Å². The quantitative estimate of drug-likeness (QED) is 0.453. The summed E-state index contributed by atoms with van der Waals surface area (Å²) < 4.78 is 10.8. The first-order valence-corrected chi connectivity index (χ1v) is 7.60. The second-order valence-electron chi connectivity index (χ2n) is 4.67. The topological polar surface area (TPSA) is 59.9 Å². The molecule has 0 heterocycles. The summed E-state index contributed by atoms with van der Waals surface area (Å²) in [4.78, 5) is 11.7. The molecule has 0 saturated carbocycles. The van der Waals surface area contributed by atoms with Crippen molar-refractivity contribution in [2.45, 2.75) is 0 Å². The van der Waals surface area contributed by atoms with E-state index in [1.807, 2.05) is 24.3 Å². The van der Waals surface area contributed by atoms with Gasteiger partial charge in [0.05, 0.1) is 6.21 Å². The Morgan fingerprint density at radius 1 is 1.17 bits per heavy atom. The van der Waals surface area contributed by atoms with Crippen molar-refractivity contribution < 1.29 is 14.3 Å². The number of hydrogen-bond donors (Lipinski definition) is 1. The number of hydrazone groups is 1. The summed E-state index contributed by atoms with van der Waals surface area (Å²) in [6, 6.07) is 14.1. The highest BCUT2D eigenvalue weighted by Crippen LogP contribution is 2.16. The summed E-state index contributed by atoms with van der Waals surface area (Å²) in [6.45, 7) is 3.85. The zero-order valence-corrected chi connectivity index (χ0v) is 13.7. The summed E-state index contributed by atoms with van der Waals surface area (Å²) in [5.74, 6) is 0.847. The molecule has 0 aliphatic carbocycles. The van der Waals surface area contributed by atoms with Crippen molar-refractivity contribution in [3.8, 4) is 11.5 Å². The van der Waals surface area contributed by atoms with E-state index in [9.17, 15) is 4.79 Å². The maximum atomic E-state index is 11.7. The average Bonchev–Trinajstić information content (AvgIpc) is 2.60. The molecule has 0 aliphatic rings. The van der Waals surface area contributed by atoms with E-state index >= 15 is 0 Å². The minimum Gasteiger partial charge on any atom is -0.489 e. The fourth-order valence-corrected chi connectivity index (χ4v) is 1.88. The predicted molar refractivity (Wildman–Crippen MR) is 94.8 cm³/mol. The number of amides is 1. The van der Waals surface area contributed by atoms with Gasteiger partial charge in [-0.3, -0.25) is 4.79 Å². The molecule has 6 heteroatoms. The van der Waals surface area contributed by atoms with E-state index in [0.29, 0.717) is 23.1 Å². The highest BCUT2D eigenvalue weighted by Gasteiger charge is 2.02. The average molecular weight is 345 g/mol. The van der Waals surface area contributed by atoms with Crippen molar-refractivity contribution in [1.82, 2.24) is 5.43 Å². The Bertz CT molecular complexity index is 714. The fourth-order valence-electron chi connectivity index (χ4n) is 1.75. The summed E-state index contributed by atoms with van der Waals surface area (Å²) in [5, 5.41) is 4.51. The van der Waals surface area contributed by atoms with E-state index in [-0.39, 0.29) is 12.5 Å². The van der Waals surface area contributed by atoms with Gasteiger partial charge in [-0.1, -0.05) is 36.4 Å². The van der Waals surface area contributed by atoms with E-state index in [0.717, 1.165) is 5.56 Å². The molecule has 1 N–H and O–H groups in total. The van der Waals surface area contributed by atoms with Crippen LogP contribution in [-0.2, 0) is 4.79 Å². The summed E-state index contributed by atoms with van der Waals surface area (Å²) >= 11 is 5.78. The van der Waals surface area contributed by atoms with E-state index in [1.54, 1.807) is 30.3 Å². The van der Waals surface area contributed by atoms with Crippen LogP contribution in [0.1, 0.15) is 5.56 Å². The van der Waals surface area contributed by atoms with Gasteiger partial charge in [-0.25, -0.2) is 5.43 Å².